The van der Waals surface area contributed by atoms with E-state index in [1.807, 2.05) is 32.2 Å². The minimum absolute atomic E-state index is 0.0824. The molecule has 0 amide bonds. The van der Waals surface area contributed by atoms with E-state index in [1.165, 1.54) is 6.21 Å². The Balaban J connectivity index is 2.06. The van der Waals surface area contributed by atoms with E-state index >= 15 is 0 Å². The molecule has 0 saturated carbocycles. The predicted octanol–water partition coefficient (Wildman–Crippen LogP) is 5.10. The summed E-state index contributed by atoms with van der Waals surface area (Å²) in [6, 6.07) is 5.85. The van der Waals surface area contributed by atoms with E-state index in [-0.39, 0.29) is 11.1 Å². The van der Waals surface area contributed by atoms with Gasteiger partial charge >= 0.3 is 0 Å². The van der Waals surface area contributed by atoms with Crippen LogP contribution in [0.4, 0.5) is 0 Å². The minimum Gasteiger partial charge on any atom is -0.393 e. The van der Waals surface area contributed by atoms with Crippen molar-refractivity contribution in [2.45, 2.75) is 65.0 Å². The molecule has 1 aliphatic rings. The molecule has 2 rings (SSSR count). The van der Waals surface area contributed by atoms with Gasteiger partial charge in [-0.3, -0.25) is 0 Å². The maximum Gasteiger partial charge on any atom is 0.0615 e. The molecule has 30 heavy (non-hydrogen) atoms. The van der Waals surface area contributed by atoms with E-state index in [4.69, 9.17) is 16.2 Å². The van der Waals surface area contributed by atoms with Gasteiger partial charge in [0, 0.05) is 47.4 Å². The van der Waals surface area contributed by atoms with Crippen LogP contribution in [0.25, 0.3) is 5.57 Å². The molecule has 5 N–H and O–H groups in total. The number of aryl methyl sites for hydroxylation is 1. The first-order chi connectivity index (χ1) is 14.0. The largest absolute Gasteiger partial charge is 0.393 e. The van der Waals surface area contributed by atoms with Crippen LogP contribution in [0.3, 0.4) is 0 Å². The van der Waals surface area contributed by atoms with Crippen molar-refractivity contribution in [3.05, 3.63) is 53.2 Å². The van der Waals surface area contributed by atoms with Crippen molar-refractivity contribution in [3.63, 3.8) is 0 Å². The summed E-state index contributed by atoms with van der Waals surface area (Å²) in [4.78, 5) is 0. The highest BCUT2D eigenvalue weighted by atomic mass is 15.0. The maximum absolute atomic E-state index is 8.45. The van der Waals surface area contributed by atoms with Gasteiger partial charge in [0.1, 0.15) is 0 Å². The second-order valence-corrected chi connectivity index (χ2v) is 9.71. The number of piperidine rings is 1. The Morgan fingerprint density at radius 1 is 1.13 bits per heavy atom. The summed E-state index contributed by atoms with van der Waals surface area (Å²) in [5, 5.41) is 31.1. The number of rotatable bonds is 8. The first kappa shape index (κ1) is 23.7. The zero-order valence-corrected chi connectivity index (χ0v) is 19.2. The van der Waals surface area contributed by atoms with Gasteiger partial charge in [-0.15, -0.1) is 0 Å². The van der Waals surface area contributed by atoms with Crippen molar-refractivity contribution in [1.29, 1.82) is 16.2 Å². The Bertz CT molecular complexity index is 858. The Kier molecular flexibility index (Phi) is 7.54. The van der Waals surface area contributed by atoms with Crippen molar-refractivity contribution < 1.29 is 0 Å². The fourth-order valence-corrected chi connectivity index (χ4v) is 4.84. The summed E-state index contributed by atoms with van der Waals surface area (Å²) >= 11 is 0. The molecule has 1 saturated heterocycles. The van der Waals surface area contributed by atoms with Crippen LogP contribution in [-0.4, -0.2) is 35.8 Å². The third kappa shape index (κ3) is 6.49. The van der Waals surface area contributed by atoms with Gasteiger partial charge < -0.3 is 26.9 Å². The monoisotopic (exact) mass is 407 g/mol. The number of hydrogen-bond acceptors (Lipinski definition) is 5. The Morgan fingerprint density at radius 2 is 1.77 bits per heavy atom. The molecule has 0 aromatic heterocycles. The van der Waals surface area contributed by atoms with Crippen molar-refractivity contribution in [2.75, 3.05) is 7.05 Å². The summed E-state index contributed by atoms with van der Waals surface area (Å²) in [5.74, 6) is 0.474. The number of allylic oxidation sites excluding steroid dienone is 3. The highest BCUT2D eigenvalue weighted by Crippen LogP contribution is 2.34. The predicted molar refractivity (Wildman–Crippen MR) is 129 cm³/mol. The van der Waals surface area contributed by atoms with E-state index < -0.39 is 0 Å². The molecule has 1 fully saturated rings. The zero-order valence-electron chi connectivity index (χ0n) is 19.2. The van der Waals surface area contributed by atoms with Crippen LogP contribution >= 0.6 is 0 Å². The Morgan fingerprint density at radius 3 is 2.30 bits per heavy atom. The molecule has 162 valence electrons. The number of benzene rings is 1. The smallest absolute Gasteiger partial charge is 0.0615 e. The van der Waals surface area contributed by atoms with Crippen molar-refractivity contribution in [1.82, 2.24) is 10.6 Å². The third-order valence-electron chi connectivity index (χ3n) is 5.54. The van der Waals surface area contributed by atoms with E-state index in [2.05, 4.69) is 38.3 Å². The molecule has 1 heterocycles. The van der Waals surface area contributed by atoms with Crippen molar-refractivity contribution >= 4 is 23.2 Å². The number of nitrogens with one attached hydrogen (secondary N) is 5. The van der Waals surface area contributed by atoms with E-state index in [1.54, 1.807) is 18.4 Å². The average molecular weight is 408 g/mol. The van der Waals surface area contributed by atoms with Gasteiger partial charge in [-0.05, 0) is 83.1 Å². The van der Waals surface area contributed by atoms with Crippen molar-refractivity contribution in [2.24, 2.45) is 5.92 Å². The van der Waals surface area contributed by atoms with Crippen LogP contribution in [-0.2, 0) is 0 Å². The molecular weight excluding hydrogens is 370 g/mol. The van der Waals surface area contributed by atoms with E-state index in [0.717, 1.165) is 41.5 Å². The van der Waals surface area contributed by atoms with Crippen molar-refractivity contribution in [3.8, 4) is 0 Å². The van der Waals surface area contributed by atoms with Gasteiger partial charge in [0.25, 0.3) is 0 Å². The maximum atomic E-state index is 8.45. The lowest BCUT2D eigenvalue weighted by Gasteiger charge is -2.46. The molecule has 1 aromatic carbocycles. The quantitative estimate of drug-likeness (QED) is 0.388. The molecule has 1 aromatic rings. The minimum atomic E-state index is 0.0824. The zero-order chi connectivity index (χ0) is 22.5. The summed E-state index contributed by atoms with van der Waals surface area (Å²) in [6.07, 6.45) is 9.48. The Hall–Kier alpha value is -2.53. The van der Waals surface area contributed by atoms with Gasteiger partial charge in [-0.2, -0.15) is 0 Å². The number of hydrogen-bond donors (Lipinski definition) is 5. The molecule has 5 nitrogen and oxygen atoms in total. The fourth-order valence-electron chi connectivity index (χ4n) is 4.84. The van der Waals surface area contributed by atoms with E-state index in [9.17, 15) is 0 Å². The highest BCUT2D eigenvalue weighted by molar-refractivity contribution is 6.12. The second-order valence-electron chi connectivity index (χ2n) is 9.71. The normalized spacial score (nSPS) is 18.9. The average Bonchev–Trinajstić information content (AvgIpc) is 2.61. The Labute approximate surface area is 181 Å². The molecular formula is C25H37N5. The van der Waals surface area contributed by atoms with Crippen LogP contribution in [0.1, 0.15) is 63.6 Å². The molecule has 0 atom stereocenters. The summed E-state index contributed by atoms with van der Waals surface area (Å²) in [7, 11) is 1.81. The summed E-state index contributed by atoms with van der Waals surface area (Å²) in [6.45, 7) is 10.9. The first-order valence-electron chi connectivity index (χ1n) is 10.6. The molecule has 0 aliphatic carbocycles. The lowest BCUT2D eigenvalue weighted by molar-refractivity contribution is 0.132. The summed E-state index contributed by atoms with van der Waals surface area (Å²) in [5.41, 5.74) is 4.72. The van der Waals surface area contributed by atoms with Crippen LogP contribution < -0.4 is 10.6 Å². The van der Waals surface area contributed by atoms with Crippen LogP contribution in [0.15, 0.2) is 36.6 Å². The van der Waals surface area contributed by atoms with Gasteiger partial charge in [-0.1, -0.05) is 18.2 Å². The van der Waals surface area contributed by atoms with Gasteiger partial charge in [-0.25, -0.2) is 0 Å². The van der Waals surface area contributed by atoms with Crippen LogP contribution in [0.2, 0.25) is 0 Å². The molecule has 0 radical (unpaired) electrons. The molecule has 0 bridgehead atoms. The first-order valence-corrected chi connectivity index (χ1v) is 10.6. The lowest BCUT2D eigenvalue weighted by Crippen LogP contribution is -2.57. The van der Waals surface area contributed by atoms with Crippen LogP contribution in [0, 0.1) is 29.1 Å². The highest BCUT2D eigenvalue weighted by Gasteiger charge is 2.37. The lowest BCUT2D eigenvalue weighted by atomic mass is 9.74. The van der Waals surface area contributed by atoms with Gasteiger partial charge in [0.2, 0.25) is 0 Å². The molecule has 1 aliphatic heterocycles. The van der Waals surface area contributed by atoms with Crippen LogP contribution in [0.5, 0.6) is 0 Å². The third-order valence-corrected chi connectivity index (χ3v) is 5.54. The summed E-state index contributed by atoms with van der Waals surface area (Å²) < 4.78 is 0. The standard InChI is InChI=1S/C25H37N5/c1-17-11-19(20(15-26)16-29-6)7-9-22(17)23(28)10-8-21(27)12-18-13-24(2,3)30-25(4,5)14-18/h7-11,15-16,18,26-30H,12-14H2,1-6H3/b10-8-,20-16+,26-15?,27-21?,28-23?. The fraction of sp³-hybridized carbons (Fsp3) is 0.480. The topological polar surface area (TPSA) is 95.6 Å². The molecule has 0 spiro atoms. The van der Waals surface area contributed by atoms with Gasteiger partial charge in [0.15, 0.2) is 0 Å². The second kappa shape index (κ2) is 9.52. The molecule has 0 unspecified atom stereocenters. The van der Waals surface area contributed by atoms with E-state index in [0.29, 0.717) is 17.3 Å². The SMILES string of the molecule is CN/C=C(\C=N)c1ccc(C(=N)/C=C\C(=N)CC2CC(C)(C)NC(C)(C)C2)c(C)c1. The van der Waals surface area contributed by atoms with Gasteiger partial charge in [0.05, 0.1) is 5.71 Å². The molecule has 5 heteroatoms.